The Labute approximate surface area is 164 Å². The first kappa shape index (κ1) is 20.3. The van der Waals surface area contributed by atoms with Gasteiger partial charge in [0, 0.05) is 31.4 Å². The summed E-state index contributed by atoms with van der Waals surface area (Å²) < 4.78 is 11.8. The minimum Gasteiger partial charge on any atom is -0.384 e. The number of hydrogen-bond acceptors (Lipinski definition) is 3. The van der Waals surface area contributed by atoms with Crippen LogP contribution in [-0.2, 0) is 14.3 Å². The lowest BCUT2D eigenvalue weighted by Gasteiger charge is -2.52. The van der Waals surface area contributed by atoms with Gasteiger partial charge >= 0.3 is 0 Å². The van der Waals surface area contributed by atoms with Gasteiger partial charge in [0.1, 0.15) is 0 Å². The quantitative estimate of drug-likeness (QED) is 0.828. The summed E-state index contributed by atoms with van der Waals surface area (Å²) in [6.45, 7) is 9.33. The molecule has 4 heteroatoms. The first-order valence-electron chi connectivity index (χ1n) is 10.4. The van der Waals surface area contributed by atoms with Crippen molar-refractivity contribution in [1.29, 1.82) is 0 Å². The van der Waals surface area contributed by atoms with Gasteiger partial charge in [-0.2, -0.15) is 0 Å². The molecule has 1 saturated carbocycles. The van der Waals surface area contributed by atoms with Crippen LogP contribution < -0.4 is 5.32 Å². The zero-order valence-corrected chi connectivity index (χ0v) is 17.5. The van der Waals surface area contributed by atoms with Crippen molar-refractivity contribution < 1.29 is 14.3 Å². The highest BCUT2D eigenvalue weighted by atomic mass is 16.5. The van der Waals surface area contributed by atoms with E-state index >= 15 is 0 Å². The minimum atomic E-state index is -0.243. The molecule has 1 aliphatic carbocycles. The maximum absolute atomic E-state index is 12.6. The summed E-state index contributed by atoms with van der Waals surface area (Å²) in [5, 5.41) is 3.38. The number of carbonyl (C=O) groups excluding carboxylic acids is 1. The van der Waals surface area contributed by atoms with Crippen molar-refractivity contribution in [2.45, 2.75) is 77.5 Å². The average Bonchev–Trinajstić information content (AvgIpc) is 2.59. The molecule has 150 valence electrons. The molecule has 4 nitrogen and oxygen atoms in total. The highest BCUT2D eigenvalue weighted by Crippen LogP contribution is 2.48. The fourth-order valence-electron chi connectivity index (χ4n) is 5.23. The van der Waals surface area contributed by atoms with Gasteiger partial charge in [0.05, 0.1) is 18.8 Å². The Kier molecular flexibility index (Phi) is 6.27. The molecule has 1 aromatic carbocycles. The number of aryl methyl sites for hydroxylation is 2. The summed E-state index contributed by atoms with van der Waals surface area (Å²) in [6.07, 6.45) is 4.89. The fraction of sp³-hybridized carbons (Fsp3) is 0.696. The van der Waals surface area contributed by atoms with Gasteiger partial charge in [-0.1, -0.05) is 31.5 Å². The van der Waals surface area contributed by atoms with E-state index in [1.165, 1.54) is 23.1 Å². The van der Waals surface area contributed by atoms with E-state index in [-0.39, 0.29) is 23.7 Å². The molecule has 5 atom stereocenters. The Balaban J connectivity index is 1.89. The van der Waals surface area contributed by atoms with Gasteiger partial charge in [-0.15, -0.1) is 0 Å². The zero-order valence-electron chi connectivity index (χ0n) is 17.5. The van der Waals surface area contributed by atoms with Gasteiger partial charge in [0.25, 0.3) is 0 Å². The van der Waals surface area contributed by atoms with Crippen LogP contribution in [0, 0.1) is 25.7 Å². The van der Waals surface area contributed by atoms with Crippen LogP contribution >= 0.6 is 0 Å². The number of ether oxygens (including phenoxy) is 2. The van der Waals surface area contributed by atoms with Crippen molar-refractivity contribution in [2.75, 3.05) is 13.7 Å². The van der Waals surface area contributed by atoms with Crippen LogP contribution in [0.2, 0.25) is 0 Å². The molecular formula is C23H35NO3. The van der Waals surface area contributed by atoms with Crippen molar-refractivity contribution >= 4 is 5.91 Å². The summed E-state index contributed by atoms with van der Waals surface area (Å²) >= 11 is 0. The van der Waals surface area contributed by atoms with Gasteiger partial charge in [-0.25, -0.2) is 0 Å². The van der Waals surface area contributed by atoms with E-state index in [9.17, 15) is 4.79 Å². The molecule has 0 aromatic heterocycles. The molecule has 0 spiro atoms. The standard InChI is InChI=1S/C23H35NO3/c1-15-9-10-18-19(13-15)27-20(22-16(2)7-6-8-17(22)3)14-23(18,4)24-21(25)11-12-26-5/h6-8,15,18-20H,9-14H2,1-5H3,(H,24,25)/t15-,18-,19-,20-,23-/m1/s1. The Bertz CT molecular complexity index is 653. The molecule has 27 heavy (non-hydrogen) atoms. The Morgan fingerprint density at radius 2 is 2.00 bits per heavy atom. The lowest BCUT2D eigenvalue weighted by molar-refractivity contribution is -0.154. The van der Waals surface area contributed by atoms with E-state index in [0.717, 1.165) is 19.3 Å². The summed E-state index contributed by atoms with van der Waals surface area (Å²) in [5.41, 5.74) is 3.60. The maximum Gasteiger partial charge on any atom is 0.222 e. The Morgan fingerprint density at radius 1 is 1.30 bits per heavy atom. The molecule has 1 saturated heterocycles. The van der Waals surface area contributed by atoms with Gasteiger partial charge < -0.3 is 14.8 Å². The third-order valence-electron chi connectivity index (χ3n) is 6.64. The summed E-state index contributed by atoms with van der Waals surface area (Å²) in [5.74, 6) is 1.14. The van der Waals surface area contributed by atoms with E-state index in [4.69, 9.17) is 9.47 Å². The smallest absolute Gasteiger partial charge is 0.222 e. The van der Waals surface area contributed by atoms with Gasteiger partial charge in [-0.05, 0) is 56.2 Å². The fourth-order valence-corrected chi connectivity index (χ4v) is 5.23. The highest BCUT2D eigenvalue weighted by molar-refractivity contribution is 5.77. The van der Waals surface area contributed by atoms with Gasteiger partial charge in [0.15, 0.2) is 0 Å². The number of amides is 1. The Morgan fingerprint density at radius 3 is 2.67 bits per heavy atom. The molecule has 0 bridgehead atoms. The lowest BCUT2D eigenvalue weighted by atomic mass is 9.66. The van der Waals surface area contributed by atoms with Crippen molar-refractivity contribution in [3.63, 3.8) is 0 Å². The molecule has 0 radical (unpaired) electrons. The molecule has 0 unspecified atom stereocenters. The molecule has 1 amide bonds. The van der Waals surface area contributed by atoms with Crippen molar-refractivity contribution in [3.8, 4) is 0 Å². The summed E-state index contributed by atoms with van der Waals surface area (Å²) in [4.78, 5) is 12.6. The molecule has 1 aromatic rings. The number of benzene rings is 1. The van der Waals surface area contributed by atoms with Gasteiger partial charge in [0.2, 0.25) is 5.91 Å². The summed E-state index contributed by atoms with van der Waals surface area (Å²) in [7, 11) is 1.64. The van der Waals surface area contributed by atoms with E-state index in [1.807, 2.05) is 0 Å². The second kappa shape index (κ2) is 8.32. The SMILES string of the molecule is COCCC(=O)N[C@]1(C)C[C@H](c2c(C)cccc2C)O[C@@H]2C[C@H](C)CC[C@H]21. The van der Waals surface area contributed by atoms with Crippen LogP contribution in [0.5, 0.6) is 0 Å². The predicted molar refractivity (Wildman–Crippen MR) is 108 cm³/mol. The predicted octanol–water partition coefficient (Wildman–Crippen LogP) is 4.48. The van der Waals surface area contributed by atoms with E-state index in [2.05, 4.69) is 51.2 Å². The van der Waals surface area contributed by atoms with Crippen LogP contribution in [0.3, 0.4) is 0 Å². The van der Waals surface area contributed by atoms with Crippen molar-refractivity contribution in [2.24, 2.45) is 11.8 Å². The third-order valence-corrected chi connectivity index (χ3v) is 6.64. The van der Waals surface area contributed by atoms with Crippen LogP contribution in [0.4, 0.5) is 0 Å². The zero-order chi connectivity index (χ0) is 19.6. The number of carbonyl (C=O) groups is 1. The molecule has 2 fully saturated rings. The van der Waals surface area contributed by atoms with Crippen LogP contribution in [0.15, 0.2) is 18.2 Å². The topological polar surface area (TPSA) is 47.6 Å². The van der Waals surface area contributed by atoms with Crippen LogP contribution in [-0.4, -0.2) is 31.3 Å². The molecule has 2 aliphatic rings. The number of methoxy groups -OCH3 is 1. The van der Waals surface area contributed by atoms with Crippen LogP contribution in [0.1, 0.15) is 68.7 Å². The average molecular weight is 374 g/mol. The first-order chi connectivity index (χ1) is 12.8. The lowest BCUT2D eigenvalue weighted by Crippen LogP contribution is -2.60. The first-order valence-corrected chi connectivity index (χ1v) is 10.4. The largest absolute Gasteiger partial charge is 0.384 e. The second-order valence-corrected chi connectivity index (χ2v) is 8.91. The van der Waals surface area contributed by atoms with E-state index < -0.39 is 0 Å². The van der Waals surface area contributed by atoms with Crippen molar-refractivity contribution in [3.05, 3.63) is 34.9 Å². The molecule has 3 rings (SSSR count). The number of nitrogens with one attached hydrogen (secondary N) is 1. The Hall–Kier alpha value is -1.39. The number of fused-ring (bicyclic) bond motifs is 1. The molecular weight excluding hydrogens is 338 g/mol. The molecule has 1 N–H and O–H groups in total. The van der Waals surface area contributed by atoms with Crippen molar-refractivity contribution in [1.82, 2.24) is 5.32 Å². The van der Waals surface area contributed by atoms with E-state index in [0.29, 0.717) is 24.9 Å². The second-order valence-electron chi connectivity index (χ2n) is 8.91. The maximum atomic E-state index is 12.6. The number of hydrogen-bond donors (Lipinski definition) is 1. The number of rotatable bonds is 5. The molecule has 1 aliphatic heterocycles. The minimum absolute atomic E-state index is 0.0328. The van der Waals surface area contributed by atoms with Crippen LogP contribution in [0.25, 0.3) is 0 Å². The van der Waals surface area contributed by atoms with Gasteiger partial charge in [-0.3, -0.25) is 4.79 Å². The molecule has 1 heterocycles. The monoisotopic (exact) mass is 373 g/mol. The highest BCUT2D eigenvalue weighted by Gasteiger charge is 2.49. The summed E-state index contributed by atoms with van der Waals surface area (Å²) in [6, 6.07) is 6.43. The van der Waals surface area contributed by atoms with E-state index in [1.54, 1.807) is 7.11 Å². The third kappa shape index (κ3) is 4.38. The normalized spacial score (nSPS) is 33.4.